The van der Waals surface area contributed by atoms with E-state index in [1.54, 1.807) is 18.5 Å². The topological polar surface area (TPSA) is 70.1 Å². The summed E-state index contributed by atoms with van der Waals surface area (Å²) in [6.45, 7) is 0.759. The van der Waals surface area contributed by atoms with Crippen LogP contribution in [-0.2, 0) is 0 Å². The summed E-state index contributed by atoms with van der Waals surface area (Å²) in [7, 11) is 0. The number of hydrogen-bond donors (Lipinski definition) is 2. The van der Waals surface area contributed by atoms with E-state index in [4.69, 9.17) is 0 Å². The number of carbonyl (C=O) groups excluding carboxylic acids is 1. The van der Waals surface area contributed by atoms with Gasteiger partial charge in [0.25, 0.3) is 0 Å². The lowest BCUT2D eigenvalue weighted by atomic mass is 9.98. The van der Waals surface area contributed by atoms with Crippen LogP contribution in [0.1, 0.15) is 12.8 Å². The summed E-state index contributed by atoms with van der Waals surface area (Å²) < 4.78 is 38.1. The smallest absolute Gasteiger partial charge is 0.352 e. The first-order chi connectivity index (χ1) is 10.5. The first kappa shape index (κ1) is 16.3. The molecular weight excluding hydrogens is 299 g/mol. The number of nitrogens with one attached hydrogen (secondary N) is 2. The van der Waals surface area contributed by atoms with E-state index in [9.17, 15) is 18.0 Å². The maximum Gasteiger partial charge on any atom is 0.393 e. The molecule has 2 rings (SSSR count). The minimum absolute atomic E-state index is 0.0835. The molecule has 9 heteroatoms. The Bertz CT molecular complexity index is 482. The van der Waals surface area contributed by atoms with Gasteiger partial charge in [0.15, 0.2) is 0 Å². The summed E-state index contributed by atoms with van der Waals surface area (Å²) in [6, 6.07) is 1.21. The van der Waals surface area contributed by atoms with Crippen LogP contribution in [0, 0.1) is 5.92 Å². The molecule has 1 aromatic rings. The quantitative estimate of drug-likeness (QED) is 0.832. The summed E-state index contributed by atoms with van der Waals surface area (Å²) in [6.07, 6.45) is -0.628. The Labute approximate surface area is 126 Å². The number of piperidine rings is 1. The summed E-state index contributed by atoms with van der Waals surface area (Å²) in [4.78, 5) is 21.0. The van der Waals surface area contributed by atoms with E-state index in [1.165, 1.54) is 4.90 Å². The van der Waals surface area contributed by atoms with Crippen molar-refractivity contribution < 1.29 is 18.0 Å². The van der Waals surface area contributed by atoms with Gasteiger partial charge in [-0.3, -0.25) is 0 Å². The van der Waals surface area contributed by atoms with Crippen molar-refractivity contribution in [2.45, 2.75) is 19.0 Å². The minimum Gasteiger partial charge on any atom is -0.352 e. The lowest BCUT2D eigenvalue weighted by Gasteiger charge is -2.33. The second-order valence-electron chi connectivity index (χ2n) is 5.06. The number of amides is 2. The number of likely N-dealkylation sites (tertiary alicyclic amines) is 1. The Kier molecular flexibility index (Phi) is 5.40. The summed E-state index contributed by atoms with van der Waals surface area (Å²) in [5, 5.41) is 5.50. The summed E-state index contributed by atoms with van der Waals surface area (Å²) in [5.74, 6) is -0.991. The molecule has 2 heterocycles. The molecule has 1 aliphatic heterocycles. The lowest BCUT2D eigenvalue weighted by molar-refractivity contribution is -0.183. The van der Waals surface area contributed by atoms with Gasteiger partial charge < -0.3 is 15.5 Å². The molecule has 2 N–H and O–H groups in total. The highest BCUT2D eigenvalue weighted by molar-refractivity contribution is 5.74. The molecule has 6 nitrogen and oxygen atoms in total. The van der Waals surface area contributed by atoms with Gasteiger partial charge in [0.05, 0.1) is 5.92 Å². The van der Waals surface area contributed by atoms with Crippen molar-refractivity contribution in [3.05, 3.63) is 18.5 Å². The number of halogens is 3. The largest absolute Gasteiger partial charge is 0.393 e. The van der Waals surface area contributed by atoms with E-state index in [2.05, 4.69) is 20.6 Å². The van der Waals surface area contributed by atoms with Crippen LogP contribution < -0.4 is 10.6 Å². The van der Waals surface area contributed by atoms with Gasteiger partial charge in [0.1, 0.15) is 0 Å². The first-order valence-electron chi connectivity index (χ1n) is 7.07. The van der Waals surface area contributed by atoms with E-state index in [0.29, 0.717) is 25.5 Å². The molecule has 2 amide bonds. The molecule has 0 aliphatic carbocycles. The molecule has 0 radical (unpaired) electrons. The second kappa shape index (κ2) is 7.28. The third-order valence-corrected chi connectivity index (χ3v) is 3.42. The fourth-order valence-corrected chi connectivity index (χ4v) is 2.27. The molecule has 1 aliphatic rings. The van der Waals surface area contributed by atoms with Gasteiger partial charge in [0.2, 0.25) is 5.95 Å². The fourth-order valence-electron chi connectivity index (χ4n) is 2.27. The van der Waals surface area contributed by atoms with Crippen LogP contribution >= 0.6 is 0 Å². The van der Waals surface area contributed by atoms with Crippen LogP contribution in [-0.4, -0.2) is 53.3 Å². The Morgan fingerprint density at radius 3 is 2.73 bits per heavy atom. The number of aromatic nitrogens is 2. The third-order valence-electron chi connectivity index (χ3n) is 3.42. The van der Waals surface area contributed by atoms with Gasteiger partial charge in [0, 0.05) is 38.6 Å². The van der Waals surface area contributed by atoms with E-state index in [-0.39, 0.29) is 19.5 Å². The standard InChI is InChI=1S/C13H18F3N5O/c14-13(15,16)10-3-1-8-21(9-10)12(22)20-7-6-19-11-17-4-2-5-18-11/h2,4-5,10H,1,3,6-9H2,(H,20,22)(H,17,18,19)/t10-/m0/s1. The van der Waals surface area contributed by atoms with Gasteiger partial charge in [-0.15, -0.1) is 0 Å². The highest BCUT2D eigenvalue weighted by Gasteiger charge is 2.42. The van der Waals surface area contributed by atoms with E-state index in [0.717, 1.165) is 0 Å². The van der Waals surface area contributed by atoms with Crippen molar-refractivity contribution in [3.63, 3.8) is 0 Å². The molecule has 1 aromatic heterocycles. The Hall–Kier alpha value is -2.06. The molecule has 22 heavy (non-hydrogen) atoms. The predicted octanol–water partition coefficient (Wildman–Crippen LogP) is 1.87. The van der Waals surface area contributed by atoms with Gasteiger partial charge in [-0.1, -0.05) is 0 Å². The molecule has 122 valence electrons. The molecule has 0 aromatic carbocycles. The molecule has 0 spiro atoms. The number of urea groups is 1. The maximum absolute atomic E-state index is 12.7. The van der Waals surface area contributed by atoms with Crippen molar-refractivity contribution in [1.82, 2.24) is 20.2 Å². The summed E-state index contributed by atoms with van der Waals surface area (Å²) in [5.41, 5.74) is 0. The van der Waals surface area contributed by atoms with Crippen LogP contribution in [0.25, 0.3) is 0 Å². The minimum atomic E-state index is -4.24. The van der Waals surface area contributed by atoms with E-state index < -0.39 is 18.1 Å². The van der Waals surface area contributed by atoms with Crippen molar-refractivity contribution in [1.29, 1.82) is 0 Å². The molecule has 1 atom stereocenters. The van der Waals surface area contributed by atoms with Crippen molar-refractivity contribution in [3.8, 4) is 0 Å². The summed E-state index contributed by atoms with van der Waals surface area (Å²) >= 11 is 0. The molecule has 1 fully saturated rings. The van der Waals surface area contributed by atoms with Crippen LogP contribution in [0.15, 0.2) is 18.5 Å². The molecule has 1 saturated heterocycles. The average molecular weight is 317 g/mol. The average Bonchev–Trinajstić information content (AvgIpc) is 2.52. The molecular formula is C13H18F3N5O. The van der Waals surface area contributed by atoms with Crippen molar-refractivity contribution >= 4 is 12.0 Å². The van der Waals surface area contributed by atoms with Crippen LogP contribution in [0.4, 0.5) is 23.9 Å². The van der Waals surface area contributed by atoms with Gasteiger partial charge >= 0.3 is 12.2 Å². The first-order valence-corrected chi connectivity index (χ1v) is 7.07. The third kappa shape index (κ3) is 4.74. The van der Waals surface area contributed by atoms with Crippen LogP contribution in [0.5, 0.6) is 0 Å². The lowest BCUT2D eigenvalue weighted by Crippen LogP contribution is -2.49. The molecule has 0 saturated carbocycles. The van der Waals surface area contributed by atoms with Crippen molar-refractivity contribution in [2.24, 2.45) is 5.92 Å². The Morgan fingerprint density at radius 1 is 1.32 bits per heavy atom. The number of carbonyl (C=O) groups is 1. The fraction of sp³-hybridized carbons (Fsp3) is 0.615. The number of rotatable bonds is 4. The number of hydrogen-bond acceptors (Lipinski definition) is 4. The number of alkyl halides is 3. The SMILES string of the molecule is O=C(NCCNc1ncccn1)N1CCC[C@H](C(F)(F)F)C1. The van der Waals surface area contributed by atoms with Gasteiger partial charge in [-0.05, 0) is 18.9 Å². The maximum atomic E-state index is 12.7. The second-order valence-corrected chi connectivity index (χ2v) is 5.06. The Balaban J connectivity index is 1.71. The van der Waals surface area contributed by atoms with Crippen LogP contribution in [0.2, 0.25) is 0 Å². The highest BCUT2D eigenvalue weighted by Crippen LogP contribution is 2.32. The predicted molar refractivity (Wildman–Crippen MR) is 74.3 cm³/mol. The van der Waals surface area contributed by atoms with Crippen molar-refractivity contribution in [2.75, 3.05) is 31.5 Å². The van der Waals surface area contributed by atoms with Gasteiger partial charge in [-0.25, -0.2) is 14.8 Å². The Morgan fingerprint density at radius 2 is 2.05 bits per heavy atom. The normalized spacial score (nSPS) is 18.9. The highest BCUT2D eigenvalue weighted by atomic mass is 19.4. The number of anilines is 1. The monoisotopic (exact) mass is 317 g/mol. The zero-order chi connectivity index (χ0) is 16.0. The van der Waals surface area contributed by atoms with E-state index >= 15 is 0 Å². The number of nitrogens with zero attached hydrogens (tertiary/aromatic N) is 3. The van der Waals surface area contributed by atoms with Crippen LogP contribution in [0.3, 0.4) is 0 Å². The zero-order valence-electron chi connectivity index (χ0n) is 11.9. The van der Waals surface area contributed by atoms with Gasteiger partial charge in [-0.2, -0.15) is 13.2 Å². The van der Waals surface area contributed by atoms with E-state index in [1.807, 2.05) is 0 Å². The molecule has 0 bridgehead atoms. The molecule has 0 unspecified atom stereocenters. The zero-order valence-corrected chi connectivity index (χ0v) is 11.9.